The molecule has 7 heteroatoms. The molecule has 0 aliphatic heterocycles. The Balaban J connectivity index is 1.58. The second-order valence-corrected chi connectivity index (χ2v) is 9.54. The van der Waals surface area contributed by atoms with Gasteiger partial charge in [-0.05, 0) is 61.6 Å². The molecule has 4 rings (SSSR count). The summed E-state index contributed by atoms with van der Waals surface area (Å²) in [6.45, 7) is 4.29. The average molecular weight is 455 g/mol. The van der Waals surface area contributed by atoms with Gasteiger partial charge in [-0.2, -0.15) is 0 Å². The normalized spacial score (nSPS) is 18.7. The molecule has 2 atom stereocenters. The molecule has 5 nitrogen and oxygen atoms in total. The molecule has 1 heterocycles. The minimum absolute atomic E-state index is 0.0520. The Morgan fingerprint density at radius 1 is 1.13 bits per heavy atom. The third-order valence-electron chi connectivity index (χ3n) is 5.88. The molecular weight excluding hydrogens is 428 g/mol. The summed E-state index contributed by atoms with van der Waals surface area (Å²) in [4.78, 5) is 12.7. The summed E-state index contributed by atoms with van der Waals surface area (Å²) in [5, 5.41) is 13.5. The summed E-state index contributed by atoms with van der Waals surface area (Å²) >= 11 is 7.49. The first kappa shape index (κ1) is 21.9. The van der Waals surface area contributed by atoms with Crippen molar-refractivity contribution in [2.75, 3.05) is 5.75 Å². The van der Waals surface area contributed by atoms with Gasteiger partial charge in [0.05, 0.1) is 11.4 Å². The lowest BCUT2D eigenvalue weighted by Crippen LogP contribution is -2.41. The zero-order valence-corrected chi connectivity index (χ0v) is 19.4. The predicted octanol–water partition coefficient (Wildman–Crippen LogP) is 5.68. The number of nitrogens with zero attached hydrogens (tertiary/aromatic N) is 3. The Kier molecular flexibility index (Phi) is 6.98. The van der Waals surface area contributed by atoms with Crippen LogP contribution in [0.15, 0.2) is 53.7 Å². The van der Waals surface area contributed by atoms with E-state index in [1.165, 1.54) is 31.0 Å². The Morgan fingerprint density at radius 3 is 2.61 bits per heavy atom. The summed E-state index contributed by atoms with van der Waals surface area (Å²) in [6, 6.07) is 16.0. The molecule has 1 aliphatic rings. The summed E-state index contributed by atoms with van der Waals surface area (Å²) in [5.74, 6) is 1.63. The number of carbonyl (C=O) groups excluding carboxylic acids is 1. The van der Waals surface area contributed by atoms with Crippen LogP contribution in [-0.4, -0.2) is 32.5 Å². The molecule has 0 saturated heterocycles. The molecule has 1 aliphatic carbocycles. The number of para-hydroxylation sites is 1. The van der Waals surface area contributed by atoms with Gasteiger partial charge in [-0.15, -0.1) is 10.2 Å². The van der Waals surface area contributed by atoms with Crippen LogP contribution < -0.4 is 5.32 Å². The Hall–Kier alpha value is -2.31. The summed E-state index contributed by atoms with van der Waals surface area (Å²) in [5.41, 5.74) is 3.04. The van der Waals surface area contributed by atoms with Crippen molar-refractivity contribution in [3.05, 3.63) is 59.1 Å². The molecule has 31 heavy (non-hydrogen) atoms. The van der Waals surface area contributed by atoms with Gasteiger partial charge < -0.3 is 5.32 Å². The van der Waals surface area contributed by atoms with Gasteiger partial charge in [0.25, 0.3) is 0 Å². The molecule has 1 saturated carbocycles. The van der Waals surface area contributed by atoms with E-state index in [2.05, 4.69) is 35.4 Å². The number of hydrogen-bond acceptors (Lipinski definition) is 4. The van der Waals surface area contributed by atoms with Gasteiger partial charge in [0.15, 0.2) is 11.0 Å². The summed E-state index contributed by atoms with van der Waals surface area (Å²) in [7, 11) is 0. The van der Waals surface area contributed by atoms with E-state index in [0.717, 1.165) is 29.1 Å². The smallest absolute Gasteiger partial charge is 0.230 e. The van der Waals surface area contributed by atoms with E-state index in [1.54, 1.807) is 0 Å². The van der Waals surface area contributed by atoms with Crippen molar-refractivity contribution in [1.29, 1.82) is 0 Å². The van der Waals surface area contributed by atoms with Gasteiger partial charge in [-0.3, -0.25) is 9.36 Å². The van der Waals surface area contributed by atoms with Crippen LogP contribution in [0.25, 0.3) is 17.1 Å². The maximum absolute atomic E-state index is 12.7. The van der Waals surface area contributed by atoms with Crippen LogP contribution in [0.4, 0.5) is 0 Å². The van der Waals surface area contributed by atoms with E-state index < -0.39 is 0 Å². The van der Waals surface area contributed by atoms with Crippen LogP contribution >= 0.6 is 23.4 Å². The zero-order chi connectivity index (χ0) is 21.8. The lowest BCUT2D eigenvalue weighted by Gasteiger charge is -2.29. The van der Waals surface area contributed by atoms with Gasteiger partial charge in [0, 0.05) is 16.6 Å². The van der Waals surface area contributed by atoms with Crippen molar-refractivity contribution < 1.29 is 4.79 Å². The minimum atomic E-state index is 0.0520. The minimum Gasteiger partial charge on any atom is -0.352 e. The fourth-order valence-corrected chi connectivity index (χ4v) is 4.97. The monoisotopic (exact) mass is 454 g/mol. The summed E-state index contributed by atoms with van der Waals surface area (Å²) < 4.78 is 2.03. The predicted molar refractivity (Wildman–Crippen MR) is 127 cm³/mol. The SMILES string of the molecule is Cc1ccccc1-n1c(SCC(=O)N[C@@H]2CCCC[C@H]2C)nnc1-c1ccc(Cl)cc1. The molecule has 1 aromatic heterocycles. The average Bonchev–Trinajstić information content (AvgIpc) is 3.18. The van der Waals surface area contributed by atoms with Crippen molar-refractivity contribution in [1.82, 2.24) is 20.1 Å². The first-order chi connectivity index (χ1) is 15.0. The number of halogens is 1. The molecule has 1 N–H and O–H groups in total. The number of benzene rings is 2. The second-order valence-electron chi connectivity index (χ2n) is 8.16. The maximum atomic E-state index is 12.7. The highest BCUT2D eigenvalue weighted by Crippen LogP contribution is 2.30. The molecule has 3 aromatic rings. The first-order valence-electron chi connectivity index (χ1n) is 10.7. The molecule has 2 aromatic carbocycles. The largest absolute Gasteiger partial charge is 0.352 e. The van der Waals surface area contributed by atoms with E-state index in [-0.39, 0.29) is 11.9 Å². The highest BCUT2D eigenvalue weighted by atomic mass is 35.5. The van der Waals surface area contributed by atoms with Crippen LogP contribution in [0, 0.1) is 12.8 Å². The third-order valence-corrected chi connectivity index (χ3v) is 7.06. The van der Waals surface area contributed by atoms with Crippen LogP contribution in [0.1, 0.15) is 38.2 Å². The van der Waals surface area contributed by atoms with Gasteiger partial charge in [-0.1, -0.05) is 61.3 Å². The number of aromatic nitrogens is 3. The molecule has 162 valence electrons. The topological polar surface area (TPSA) is 59.8 Å². The van der Waals surface area contributed by atoms with Crippen LogP contribution in [0.2, 0.25) is 5.02 Å². The number of thioether (sulfide) groups is 1. The molecule has 1 amide bonds. The van der Waals surface area contributed by atoms with Crippen LogP contribution in [0.5, 0.6) is 0 Å². The fourth-order valence-electron chi connectivity index (χ4n) is 4.09. The number of nitrogens with one attached hydrogen (secondary N) is 1. The van der Waals surface area contributed by atoms with Crippen molar-refractivity contribution >= 4 is 29.3 Å². The fraction of sp³-hybridized carbons (Fsp3) is 0.375. The van der Waals surface area contributed by atoms with Gasteiger partial charge in [-0.25, -0.2) is 0 Å². The lowest BCUT2D eigenvalue weighted by molar-refractivity contribution is -0.119. The molecule has 0 unspecified atom stereocenters. The lowest BCUT2D eigenvalue weighted by atomic mass is 9.86. The highest BCUT2D eigenvalue weighted by molar-refractivity contribution is 7.99. The van der Waals surface area contributed by atoms with Gasteiger partial charge in [0.1, 0.15) is 0 Å². The van der Waals surface area contributed by atoms with E-state index in [9.17, 15) is 4.79 Å². The van der Waals surface area contributed by atoms with Crippen molar-refractivity contribution in [2.24, 2.45) is 5.92 Å². The highest BCUT2D eigenvalue weighted by Gasteiger charge is 2.24. The number of aryl methyl sites for hydroxylation is 1. The number of hydrogen-bond donors (Lipinski definition) is 1. The van der Waals surface area contributed by atoms with E-state index in [0.29, 0.717) is 21.8 Å². The quantitative estimate of drug-likeness (QED) is 0.486. The van der Waals surface area contributed by atoms with E-state index in [4.69, 9.17) is 11.6 Å². The van der Waals surface area contributed by atoms with Gasteiger partial charge >= 0.3 is 0 Å². The first-order valence-corrected chi connectivity index (χ1v) is 12.1. The van der Waals surface area contributed by atoms with Crippen molar-refractivity contribution in [3.8, 4) is 17.1 Å². The van der Waals surface area contributed by atoms with Crippen molar-refractivity contribution in [3.63, 3.8) is 0 Å². The molecule has 0 radical (unpaired) electrons. The molecule has 1 fully saturated rings. The Bertz CT molecular complexity index is 1050. The maximum Gasteiger partial charge on any atom is 0.230 e. The second kappa shape index (κ2) is 9.88. The molecular formula is C24H27ClN4OS. The number of rotatable bonds is 6. The van der Waals surface area contributed by atoms with Crippen molar-refractivity contribution in [2.45, 2.75) is 50.7 Å². The standard InChI is InChI=1S/C24H27ClN4OS/c1-16-7-3-5-9-20(16)26-22(30)15-31-24-28-27-23(18-11-13-19(25)14-12-18)29(24)21-10-6-4-8-17(21)2/h4,6,8,10-14,16,20H,3,5,7,9,15H2,1-2H3,(H,26,30)/t16-,20-/m1/s1. The third kappa shape index (κ3) is 5.13. The number of carbonyl (C=O) groups is 1. The summed E-state index contributed by atoms with van der Waals surface area (Å²) in [6.07, 6.45) is 4.70. The van der Waals surface area contributed by atoms with E-state index in [1.807, 2.05) is 47.0 Å². The zero-order valence-electron chi connectivity index (χ0n) is 17.8. The van der Waals surface area contributed by atoms with Crippen LogP contribution in [0.3, 0.4) is 0 Å². The molecule has 0 spiro atoms. The number of amides is 1. The Labute approximate surface area is 192 Å². The Morgan fingerprint density at radius 2 is 1.87 bits per heavy atom. The van der Waals surface area contributed by atoms with Crippen LogP contribution in [-0.2, 0) is 4.79 Å². The molecule has 0 bridgehead atoms. The van der Waals surface area contributed by atoms with E-state index >= 15 is 0 Å². The van der Waals surface area contributed by atoms with Gasteiger partial charge in [0.2, 0.25) is 5.91 Å².